The minimum absolute atomic E-state index is 0.155. The van der Waals surface area contributed by atoms with E-state index in [1.807, 2.05) is 11.4 Å². The smallest absolute Gasteiger partial charge is 0.350 e. The summed E-state index contributed by atoms with van der Waals surface area (Å²) in [5, 5.41) is 4.83. The Bertz CT molecular complexity index is 1170. The number of aromatic nitrogens is 2. The van der Waals surface area contributed by atoms with Crippen molar-refractivity contribution in [1.82, 2.24) is 9.97 Å². The Kier molecular flexibility index (Phi) is 6.19. The first-order valence-corrected chi connectivity index (χ1v) is 11.5. The Hall–Kier alpha value is -3.31. The predicted molar refractivity (Wildman–Crippen MR) is 121 cm³/mol. The summed E-state index contributed by atoms with van der Waals surface area (Å²) in [6.45, 7) is 4.81. The average Bonchev–Trinajstić information content (AvgIpc) is 3.39. The number of rotatable bonds is 6. The van der Waals surface area contributed by atoms with Crippen molar-refractivity contribution in [2.45, 2.75) is 26.9 Å². The Morgan fingerprint density at radius 2 is 2.16 bits per heavy atom. The molecule has 0 radical (unpaired) electrons. The lowest BCUT2D eigenvalue weighted by atomic mass is 10.1. The van der Waals surface area contributed by atoms with E-state index < -0.39 is 11.9 Å². The maximum Gasteiger partial charge on any atom is 0.350 e. The van der Waals surface area contributed by atoms with Crippen molar-refractivity contribution in [2.75, 3.05) is 23.4 Å². The second kappa shape index (κ2) is 9.05. The molecule has 0 spiro atoms. The third-order valence-corrected chi connectivity index (χ3v) is 6.14. The number of thiazole rings is 2. The van der Waals surface area contributed by atoms with Crippen molar-refractivity contribution in [2.24, 2.45) is 0 Å². The summed E-state index contributed by atoms with van der Waals surface area (Å²) in [4.78, 5) is 47.6. The van der Waals surface area contributed by atoms with Crippen molar-refractivity contribution < 1.29 is 23.9 Å². The molecule has 0 fully saturated rings. The number of hydrogen-bond acceptors (Lipinski definition) is 9. The summed E-state index contributed by atoms with van der Waals surface area (Å²) in [5.74, 6) is -0.745. The molecule has 9 nitrogen and oxygen atoms in total. The largest absolute Gasteiger partial charge is 0.482 e. The zero-order valence-electron chi connectivity index (χ0n) is 17.6. The summed E-state index contributed by atoms with van der Waals surface area (Å²) in [7, 11) is 0. The molecule has 0 aliphatic carbocycles. The maximum atomic E-state index is 12.7. The maximum absolute atomic E-state index is 12.7. The lowest BCUT2D eigenvalue weighted by Gasteiger charge is -2.29. The van der Waals surface area contributed by atoms with Crippen molar-refractivity contribution >= 4 is 51.3 Å². The van der Waals surface area contributed by atoms with Gasteiger partial charge in [-0.15, -0.1) is 11.3 Å². The molecule has 2 aromatic heterocycles. The number of nitrogens with zero attached hydrogens (tertiary/aromatic N) is 3. The SMILES string of the molecule is Cc1nc(NC(=O)CN2C(=O)COc3ccc(-c4cscn4)cc32)sc1C(=O)OC(C)C. The van der Waals surface area contributed by atoms with Crippen LogP contribution in [0.4, 0.5) is 10.8 Å². The molecule has 4 rings (SSSR count). The highest BCUT2D eigenvalue weighted by molar-refractivity contribution is 7.17. The first-order chi connectivity index (χ1) is 15.3. The highest BCUT2D eigenvalue weighted by Crippen LogP contribution is 2.36. The monoisotopic (exact) mass is 472 g/mol. The lowest BCUT2D eigenvalue weighted by molar-refractivity contribution is -0.123. The minimum atomic E-state index is -0.484. The standard InChI is InChI=1S/C21H20N4O5S2/c1-11(2)30-20(28)19-12(3)23-21(32-19)24-17(26)7-25-15-6-13(14-9-31-10-22-14)4-5-16(15)29-8-18(25)27/h4-6,9-11H,7-8H2,1-3H3,(H,23,24,26). The zero-order valence-corrected chi connectivity index (χ0v) is 19.2. The van der Waals surface area contributed by atoms with Gasteiger partial charge in [0.1, 0.15) is 17.2 Å². The van der Waals surface area contributed by atoms with Crippen molar-refractivity contribution in [3.63, 3.8) is 0 Å². The Morgan fingerprint density at radius 3 is 2.88 bits per heavy atom. The number of amides is 2. The van der Waals surface area contributed by atoms with Gasteiger partial charge in [0, 0.05) is 10.9 Å². The quantitative estimate of drug-likeness (QED) is 0.547. The first-order valence-electron chi connectivity index (χ1n) is 9.76. The second-order valence-corrected chi connectivity index (χ2v) is 8.98. The minimum Gasteiger partial charge on any atom is -0.482 e. The van der Waals surface area contributed by atoms with Gasteiger partial charge in [-0.1, -0.05) is 11.3 Å². The van der Waals surface area contributed by atoms with Gasteiger partial charge in [-0.05, 0) is 39.0 Å². The van der Waals surface area contributed by atoms with Crippen LogP contribution in [-0.4, -0.2) is 47.0 Å². The molecule has 32 heavy (non-hydrogen) atoms. The van der Waals surface area contributed by atoms with Gasteiger partial charge >= 0.3 is 5.97 Å². The number of fused-ring (bicyclic) bond motifs is 1. The molecule has 1 aromatic carbocycles. The fourth-order valence-electron chi connectivity index (χ4n) is 3.10. The van der Waals surface area contributed by atoms with E-state index in [9.17, 15) is 14.4 Å². The van der Waals surface area contributed by atoms with Crippen LogP contribution in [0.25, 0.3) is 11.3 Å². The van der Waals surface area contributed by atoms with Crippen LogP contribution in [0.1, 0.15) is 29.2 Å². The molecule has 1 N–H and O–H groups in total. The second-order valence-electron chi connectivity index (χ2n) is 7.26. The molecule has 11 heteroatoms. The fourth-order valence-corrected chi connectivity index (χ4v) is 4.53. The third kappa shape index (κ3) is 4.63. The van der Waals surface area contributed by atoms with Crippen LogP contribution in [0.3, 0.4) is 0 Å². The fraction of sp³-hybridized carbons (Fsp3) is 0.286. The van der Waals surface area contributed by atoms with Crippen LogP contribution < -0.4 is 15.0 Å². The van der Waals surface area contributed by atoms with Gasteiger partial charge in [0.25, 0.3) is 5.91 Å². The highest BCUT2D eigenvalue weighted by Gasteiger charge is 2.28. The van der Waals surface area contributed by atoms with E-state index in [0.29, 0.717) is 22.0 Å². The van der Waals surface area contributed by atoms with E-state index in [4.69, 9.17) is 9.47 Å². The first kappa shape index (κ1) is 21.9. The molecule has 0 bridgehead atoms. The number of nitrogens with one attached hydrogen (secondary N) is 1. The van der Waals surface area contributed by atoms with Crippen molar-refractivity contribution in [3.8, 4) is 17.0 Å². The Labute approximate surface area is 192 Å². The van der Waals surface area contributed by atoms with E-state index in [2.05, 4.69) is 15.3 Å². The van der Waals surface area contributed by atoms with Crippen LogP contribution in [-0.2, 0) is 14.3 Å². The van der Waals surface area contributed by atoms with Crippen molar-refractivity contribution in [1.29, 1.82) is 0 Å². The van der Waals surface area contributed by atoms with E-state index >= 15 is 0 Å². The summed E-state index contributed by atoms with van der Waals surface area (Å²) >= 11 is 2.50. The number of ether oxygens (including phenoxy) is 2. The molecule has 3 aromatic rings. The van der Waals surface area contributed by atoms with E-state index in [-0.39, 0.29) is 30.3 Å². The number of carbonyl (C=O) groups excluding carboxylic acids is 3. The summed E-state index contributed by atoms with van der Waals surface area (Å²) in [6.07, 6.45) is -0.261. The number of anilines is 2. The van der Waals surface area contributed by atoms with E-state index in [0.717, 1.165) is 22.6 Å². The van der Waals surface area contributed by atoms with Crippen LogP contribution in [0.5, 0.6) is 5.75 Å². The average molecular weight is 473 g/mol. The zero-order chi connectivity index (χ0) is 22.8. The van der Waals surface area contributed by atoms with Gasteiger partial charge in [0.2, 0.25) is 5.91 Å². The summed E-state index contributed by atoms with van der Waals surface area (Å²) in [6, 6.07) is 5.40. The molecule has 3 heterocycles. The van der Waals surface area contributed by atoms with E-state index in [1.54, 1.807) is 38.4 Å². The molecule has 0 saturated heterocycles. The molecular weight excluding hydrogens is 452 g/mol. The van der Waals surface area contributed by atoms with Gasteiger partial charge in [-0.3, -0.25) is 14.5 Å². The molecule has 1 aliphatic heterocycles. The highest BCUT2D eigenvalue weighted by atomic mass is 32.1. The third-order valence-electron chi connectivity index (χ3n) is 4.50. The topological polar surface area (TPSA) is 111 Å². The summed E-state index contributed by atoms with van der Waals surface area (Å²) in [5.41, 5.74) is 4.29. The molecule has 0 atom stereocenters. The molecule has 1 aliphatic rings. The Balaban J connectivity index is 1.51. The van der Waals surface area contributed by atoms with Gasteiger partial charge in [-0.25, -0.2) is 14.8 Å². The number of esters is 1. The number of carbonyl (C=O) groups is 3. The molecule has 2 amide bonds. The van der Waals surface area contributed by atoms with Crippen LogP contribution in [0, 0.1) is 6.92 Å². The Morgan fingerprint density at radius 1 is 1.34 bits per heavy atom. The molecule has 0 saturated carbocycles. The van der Waals surface area contributed by atoms with Crippen LogP contribution in [0.2, 0.25) is 0 Å². The molecular formula is C21H20N4O5S2. The molecule has 166 valence electrons. The van der Waals surface area contributed by atoms with Crippen molar-refractivity contribution in [3.05, 3.63) is 39.7 Å². The normalized spacial score (nSPS) is 13.0. The van der Waals surface area contributed by atoms with Crippen LogP contribution in [0.15, 0.2) is 29.1 Å². The van der Waals surface area contributed by atoms with Gasteiger partial charge < -0.3 is 14.8 Å². The van der Waals surface area contributed by atoms with Gasteiger partial charge in [0.15, 0.2) is 11.7 Å². The number of hydrogen-bond donors (Lipinski definition) is 1. The number of aryl methyl sites for hydroxylation is 1. The predicted octanol–water partition coefficient (Wildman–Crippen LogP) is 3.50. The van der Waals surface area contributed by atoms with Gasteiger partial charge in [0.05, 0.1) is 28.7 Å². The lowest BCUT2D eigenvalue weighted by Crippen LogP contribution is -2.43. The van der Waals surface area contributed by atoms with Gasteiger partial charge in [-0.2, -0.15) is 0 Å². The van der Waals surface area contributed by atoms with E-state index in [1.165, 1.54) is 16.2 Å². The summed E-state index contributed by atoms with van der Waals surface area (Å²) < 4.78 is 10.7. The molecule has 0 unspecified atom stereocenters. The number of benzene rings is 1. The van der Waals surface area contributed by atoms with Crippen LogP contribution >= 0.6 is 22.7 Å².